The zero-order chi connectivity index (χ0) is 13.8. The molecule has 0 aromatic heterocycles. The van der Waals surface area contributed by atoms with E-state index in [-0.39, 0.29) is 0 Å². The van der Waals surface area contributed by atoms with Crippen LogP contribution in [0.5, 0.6) is 5.75 Å². The molecule has 0 heterocycles. The van der Waals surface area contributed by atoms with Crippen LogP contribution in [0.3, 0.4) is 0 Å². The summed E-state index contributed by atoms with van der Waals surface area (Å²) in [5.41, 5.74) is 2.32. The number of nitriles is 1. The summed E-state index contributed by atoms with van der Waals surface area (Å²) in [6, 6.07) is 12.9. The molecule has 2 rings (SSSR count). The summed E-state index contributed by atoms with van der Waals surface area (Å²) in [7, 11) is 1.57. The summed E-state index contributed by atoms with van der Waals surface area (Å²) in [6.45, 7) is 0. The Balaban J connectivity index is 2.29. The standard InChI is InChI=1S/C14H10BrClN2O/c1-19-14-7-10(3-4-12(14)16)18-13-5-2-9(8-17)6-11(13)15/h2-7,18H,1H3. The van der Waals surface area contributed by atoms with Gasteiger partial charge in [0.1, 0.15) is 5.75 Å². The average Bonchev–Trinajstić information content (AvgIpc) is 2.43. The van der Waals surface area contributed by atoms with Gasteiger partial charge in [0.25, 0.3) is 0 Å². The highest BCUT2D eigenvalue weighted by molar-refractivity contribution is 9.10. The Kier molecular flexibility index (Phi) is 4.31. The molecule has 96 valence electrons. The fourth-order valence-electron chi connectivity index (χ4n) is 1.58. The number of benzene rings is 2. The van der Waals surface area contributed by atoms with Gasteiger partial charge in [-0.05, 0) is 46.3 Å². The minimum Gasteiger partial charge on any atom is -0.495 e. The van der Waals surface area contributed by atoms with Gasteiger partial charge in [-0.25, -0.2) is 0 Å². The van der Waals surface area contributed by atoms with E-state index in [1.54, 1.807) is 25.3 Å². The maximum absolute atomic E-state index is 8.82. The fourth-order valence-corrected chi connectivity index (χ4v) is 2.25. The van der Waals surface area contributed by atoms with Crippen molar-refractivity contribution in [2.45, 2.75) is 0 Å². The molecular formula is C14H10BrClN2O. The first-order chi connectivity index (χ1) is 9.13. The minimum absolute atomic E-state index is 0.562. The van der Waals surface area contributed by atoms with E-state index in [0.717, 1.165) is 15.8 Å². The molecular weight excluding hydrogens is 328 g/mol. The lowest BCUT2D eigenvalue weighted by atomic mass is 10.2. The second-order valence-electron chi connectivity index (χ2n) is 3.78. The minimum atomic E-state index is 0.562. The van der Waals surface area contributed by atoms with Crippen LogP contribution in [0.25, 0.3) is 0 Å². The number of halogens is 2. The van der Waals surface area contributed by atoms with Crippen LogP contribution >= 0.6 is 27.5 Å². The van der Waals surface area contributed by atoms with Crippen LogP contribution in [0.2, 0.25) is 5.02 Å². The highest BCUT2D eigenvalue weighted by Crippen LogP contribution is 2.31. The first-order valence-electron chi connectivity index (χ1n) is 5.44. The summed E-state index contributed by atoms with van der Waals surface area (Å²) in [6.07, 6.45) is 0. The summed E-state index contributed by atoms with van der Waals surface area (Å²) in [4.78, 5) is 0. The third-order valence-corrected chi connectivity index (χ3v) is 3.50. The number of methoxy groups -OCH3 is 1. The SMILES string of the molecule is COc1cc(Nc2ccc(C#N)cc2Br)ccc1Cl. The summed E-state index contributed by atoms with van der Waals surface area (Å²) >= 11 is 9.40. The molecule has 1 N–H and O–H groups in total. The Labute approximate surface area is 124 Å². The molecule has 19 heavy (non-hydrogen) atoms. The number of hydrogen-bond donors (Lipinski definition) is 1. The van der Waals surface area contributed by atoms with Gasteiger partial charge in [-0.2, -0.15) is 5.26 Å². The van der Waals surface area contributed by atoms with Crippen LogP contribution in [0.4, 0.5) is 11.4 Å². The smallest absolute Gasteiger partial charge is 0.139 e. The van der Waals surface area contributed by atoms with E-state index in [2.05, 4.69) is 27.3 Å². The number of ether oxygens (including phenoxy) is 1. The van der Waals surface area contributed by atoms with Crippen LogP contribution in [-0.2, 0) is 0 Å². The van der Waals surface area contributed by atoms with Crippen LogP contribution in [0.1, 0.15) is 5.56 Å². The van der Waals surface area contributed by atoms with Gasteiger partial charge in [-0.15, -0.1) is 0 Å². The molecule has 2 aromatic rings. The van der Waals surface area contributed by atoms with Crippen molar-refractivity contribution in [1.29, 1.82) is 5.26 Å². The monoisotopic (exact) mass is 336 g/mol. The number of rotatable bonds is 3. The van der Waals surface area contributed by atoms with Crippen LogP contribution in [-0.4, -0.2) is 7.11 Å². The quantitative estimate of drug-likeness (QED) is 0.881. The van der Waals surface area contributed by atoms with Crippen molar-refractivity contribution >= 4 is 38.9 Å². The predicted octanol–water partition coefficient (Wildman–Crippen LogP) is 4.73. The lowest BCUT2D eigenvalue weighted by Gasteiger charge is -2.11. The van der Waals surface area contributed by atoms with Crippen LogP contribution in [0, 0.1) is 11.3 Å². The second-order valence-corrected chi connectivity index (χ2v) is 5.04. The van der Waals surface area contributed by atoms with E-state index in [4.69, 9.17) is 21.6 Å². The Hall–Kier alpha value is -1.70. The molecule has 3 nitrogen and oxygen atoms in total. The van der Waals surface area contributed by atoms with E-state index >= 15 is 0 Å². The number of anilines is 2. The van der Waals surface area contributed by atoms with Crippen molar-refractivity contribution in [3.63, 3.8) is 0 Å². The summed E-state index contributed by atoms with van der Waals surface area (Å²) < 4.78 is 5.98. The molecule has 0 fully saturated rings. The topological polar surface area (TPSA) is 45.0 Å². The molecule has 0 aliphatic rings. The van der Waals surface area contributed by atoms with E-state index in [1.165, 1.54) is 0 Å². The van der Waals surface area contributed by atoms with E-state index in [1.807, 2.05) is 18.2 Å². The Morgan fingerprint density at radius 2 is 2.05 bits per heavy atom. The fraction of sp³-hybridized carbons (Fsp3) is 0.0714. The Morgan fingerprint density at radius 1 is 1.26 bits per heavy atom. The summed E-state index contributed by atoms with van der Waals surface area (Å²) in [5.74, 6) is 0.608. The largest absolute Gasteiger partial charge is 0.495 e. The zero-order valence-corrected chi connectivity index (χ0v) is 12.4. The lowest BCUT2D eigenvalue weighted by Crippen LogP contribution is -1.93. The van der Waals surface area contributed by atoms with Gasteiger partial charge in [-0.1, -0.05) is 11.6 Å². The van der Waals surface area contributed by atoms with Crippen molar-refractivity contribution in [3.05, 3.63) is 51.5 Å². The molecule has 0 unspecified atom stereocenters. The molecule has 0 atom stereocenters. The normalized spacial score (nSPS) is 9.79. The van der Waals surface area contributed by atoms with Gasteiger partial charge in [0, 0.05) is 16.2 Å². The van der Waals surface area contributed by atoms with E-state index in [0.29, 0.717) is 16.3 Å². The average molecular weight is 338 g/mol. The van der Waals surface area contributed by atoms with Crippen molar-refractivity contribution in [2.24, 2.45) is 0 Å². The Morgan fingerprint density at radius 3 is 2.68 bits per heavy atom. The molecule has 0 radical (unpaired) electrons. The van der Waals surface area contributed by atoms with Gasteiger partial charge in [0.05, 0.1) is 29.5 Å². The molecule has 0 saturated carbocycles. The maximum Gasteiger partial charge on any atom is 0.139 e. The zero-order valence-electron chi connectivity index (χ0n) is 10.1. The predicted molar refractivity (Wildman–Crippen MR) is 80.1 cm³/mol. The van der Waals surface area contributed by atoms with Crippen LogP contribution in [0.15, 0.2) is 40.9 Å². The van der Waals surface area contributed by atoms with Gasteiger partial charge in [0.2, 0.25) is 0 Å². The molecule has 0 saturated heterocycles. The molecule has 0 spiro atoms. The molecule has 0 aliphatic carbocycles. The third kappa shape index (κ3) is 3.19. The molecule has 0 amide bonds. The maximum atomic E-state index is 8.82. The first kappa shape index (κ1) is 13.7. The molecule has 0 aliphatic heterocycles. The van der Waals surface area contributed by atoms with Gasteiger partial charge < -0.3 is 10.1 Å². The number of hydrogen-bond acceptors (Lipinski definition) is 3. The highest BCUT2D eigenvalue weighted by atomic mass is 79.9. The van der Waals surface area contributed by atoms with Gasteiger partial charge >= 0.3 is 0 Å². The van der Waals surface area contributed by atoms with Gasteiger partial charge in [-0.3, -0.25) is 0 Å². The molecule has 0 bridgehead atoms. The van der Waals surface area contributed by atoms with E-state index in [9.17, 15) is 0 Å². The second kappa shape index (κ2) is 5.96. The molecule has 5 heteroatoms. The van der Waals surface area contributed by atoms with Crippen molar-refractivity contribution in [1.82, 2.24) is 0 Å². The first-order valence-corrected chi connectivity index (χ1v) is 6.61. The Bertz CT molecular complexity index is 652. The molecule has 2 aromatic carbocycles. The number of nitrogens with zero attached hydrogens (tertiary/aromatic N) is 1. The third-order valence-electron chi connectivity index (χ3n) is 2.53. The van der Waals surface area contributed by atoms with Gasteiger partial charge in [0.15, 0.2) is 0 Å². The highest BCUT2D eigenvalue weighted by Gasteiger charge is 2.05. The number of nitrogens with one attached hydrogen (secondary N) is 1. The van der Waals surface area contributed by atoms with E-state index < -0.39 is 0 Å². The van der Waals surface area contributed by atoms with Crippen LogP contribution < -0.4 is 10.1 Å². The van der Waals surface area contributed by atoms with Crippen molar-refractivity contribution in [3.8, 4) is 11.8 Å². The summed E-state index contributed by atoms with van der Waals surface area (Å²) in [5, 5.41) is 12.6. The van der Waals surface area contributed by atoms with Crippen molar-refractivity contribution < 1.29 is 4.74 Å². The lowest BCUT2D eigenvalue weighted by molar-refractivity contribution is 0.415. The van der Waals surface area contributed by atoms with Crippen molar-refractivity contribution in [2.75, 3.05) is 12.4 Å².